The lowest BCUT2D eigenvalue weighted by Crippen LogP contribution is -2.62. The van der Waals surface area contributed by atoms with Crippen LogP contribution in [0.25, 0.3) is 21.8 Å². The molecule has 2 saturated heterocycles. The lowest BCUT2D eigenvalue weighted by Gasteiger charge is -2.33. The summed E-state index contributed by atoms with van der Waals surface area (Å²) in [6, 6.07) is 5.37. The minimum atomic E-state index is -1.98. The number of nitrogens with one attached hydrogen (secondary N) is 11. The Hall–Kier alpha value is -13.6. The Morgan fingerprint density at radius 3 is 1.49 bits per heavy atom. The van der Waals surface area contributed by atoms with Gasteiger partial charge in [-0.3, -0.25) is 91.4 Å². The molecule has 21 N–H and O–H groups in total. The number of thioether (sulfide) groups is 1. The number of carbonyl (C=O) groups is 18. The summed E-state index contributed by atoms with van der Waals surface area (Å²) in [6.45, 7) is 5.06. The molecule has 0 bridgehead atoms. The second-order valence-electron chi connectivity index (χ2n) is 33.8. The van der Waals surface area contributed by atoms with Crippen LogP contribution in [0.2, 0.25) is 0 Å². The highest BCUT2D eigenvalue weighted by atomic mass is 32.2. The van der Waals surface area contributed by atoms with Gasteiger partial charge in [0.25, 0.3) is 0 Å². The number of carboxylic acid groups (broad SMARTS) is 1. The molecule has 0 radical (unpaired) electrons. The van der Waals surface area contributed by atoms with Gasteiger partial charge in [-0.15, -0.1) is 11.8 Å². The molecular weight excluding hydrogens is 1750 g/mol. The van der Waals surface area contributed by atoms with Gasteiger partial charge in [-0.2, -0.15) is 0 Å². The molecular formula is C91H126N22O20S. The predicted molar refractivity (Wildman–Crippen MR) is 495 cm³/mol. The van der Waals surface area contributed by atoms with E-state index in [0.29, 0.717) is 63.3 Å². The summed E-state index contributed by atoms with van der Waals surface area (Å²) < 4.78 is 3.55. The van der Waals surface area contributed by atoms with E-state index in [1.54, 1.807) is 125 Å². The average molecular weight is 1880 g/mol. The van der Waals surface area contributed by atoms with Crippen molar-refractivity contribution in [1.29, 1.82) is 0 Å². The van der Waals surface area contributed by atoms with Crippen molar-refractivity contribution in [2.24, 2.45) is 37.0 Å². The summed E-state index contributed by atoms with van der Waals surface area (Å²) in [6.07, 6.45) is 2.39. The van der Waals surface area contributed by atoms with Crippen LogP contribution in [-0.2, 0) is 121 Å². The summed E-state index contributed by atoms with van der Waals surface area (Å²) >= 11 is 0.785. The van der Waals surface area contributed by atoms with Crippen molar-refractivity contribution >= 4 is 140 Å². The van der Waals surface area contributed by atoms with Gasteiger partial charge in [0.1, 0.15) is 72.5 Å². The minimum absolute atomic E-state index is 0.0156. The van der Waals surface area contributed by atoms with Crippen LogP contribution >= 0.6 is 11.8 Å². The lowest BCUT2D eigenvalue weighted by molar-refractivity contribution is -0.143. The van der Waals surface area contributed by atoms with E-state index in [1.807, 2.05) is 13.0 Å². The van der Waals surface area contributed by atoms with E-state index in [2.05, 4.69) is 63.5 Å². The zero-order valence-corrected chi connectivity index (χ0v) is 77.3. The lowest BCUT2D eigenvalue weighted by atomic mass is 9.99. The molecule has 726 valence electrons. The molecule has 2 fully saturated rings. The number of amides is 18. The molecule has 0 aliphatic carbocycles. The van der Waals surface area contributed by atoms with Gasteiger partial charge in [-0.05, 0) is 106 Å². The van der Waals surface area contributed by atoms with Crippen LogP contribution in [-0.4, -0.2) is 294 Å². The smallest absolute Gasteiger partial charge is 0.317 e. The molecule has 6 aromatic rings. The first-order valence-electron chi connectivity index (χ1n) is 44.7. The van der Waals surface area contributed by atoms with Gasteiger partial charge in [0.2, 0.25) is 94.5 Å². The third kappa shape index (κ3) is 32.1. The van der Waals surface area contributed by atoms with Crippen molar-refractivity contribution in [3.63, 3.8) is 0 Å². The van der Waals surface area contributed by atoms with E-state index in [-0.39, 0.29) is 129 Å². The van der Waals surface area contributed by atoms with Gasteiger partial charge < -0.3 is 115 Å². The molecule has 8 rings (SSSR count). The van der Waals surface area contributed by atoms with Crippen molar-refractivity contribution in [2.45, 2.75) is 215 Å². The molecule has 13 atom stereocenters. The molecule has 2 aliphatic rings. The third-order valence-electron chi connectivity index (χ3n) is 23.4. The summed E-state index contributed by atoms with van der Waals surface area (Å²) in [5, 5.41) is 51.5. The summed E-state index contributed by atoms with van der Waals surface area (Å²) in [4.78, 5) is 267. The van der Waals surface area contributed by atoms with Crippen molar-refractivity contribution < 1.29 is 96.5 Å². The average Bonchev–Trinajstić information content (AvgIpc) is 1.65. The number of aliphatic hydroxyl groups excluding tert-OH is 1. The number of nitrogens with two attached hydrogens (primary N) is 4. The SMILES string of the molecule is CCCCC[C@H]1NC(=O)CSC[C@@H](C(N)=O)NC(=O)[C@H](CCCC(N)=O)NC(=O)[C@H]([C@@H](C)O)NC(=O)[C@H](Cc2cn(C)c3ccccc23)NC(=O)[C@H](CCCCNC(=O)N2CCN(CC(=O)O)CC2)NC(=O)C(Cc2cn(C)c3ccccc23)NC(=O)[C@H](Cc2ccccc2)N(C)C(=O)[C@H](CCCC(N)=O)NC(=O)[C@H](C)NC(=O)[C@H](CC(N)=O)NC(=O)[C@H](Cc2cccnc2)N(C)C1=O. The number of fused-ring (bicyclic) bond motifs is 2. The molecule has 3 aromatic heterocycles. The summed E-state index contributed by atoms with van der Waals surface area (Å²) in [5.74, 6) is -17.8. The highest BCUT2D eigenvalue weighted by Gasteiger charge is 2.41. The number of para-hydroxylation sites is 2. The Bertz CT molecular complexity index is 5150. The minimum Gasteiger partial charge on any atom is -0.480 e. The molecule has 2 aliphatic heterocycles. The first kappa shape index (κ1) is 106. The number of aryl methyl sites for hydroxylation is 2. The van der Waals surface area contributed by atoms with Crippen LogP contribution in [0.5, 0.6) is 0 Å². The van der Waals surface area contributed by atoms with Gasteiger partial charge in [0.15, 0.2) is 0 Å². The number of nitrogens with zero attached hydrogens (tertiary/aromatic N) is 7. The van der Waals surface area contributed by atoms with Gasteiger partial charge in [0.05, 0.1) is 24.8 Å². The molecule has 134 heavy (non-hydrogen) atoms. The Labute approximate surface area is 779 Å². The van der Waals surface area contributed by atoms with E-state index >= 15 is 24.0 Å². The van der Waals surface area contributed by atoms with Crippen LogP contribution in [0.4, 0.5) is 4.79 Å². The topological polar surface area (TPSA) is 620 Å². The maximum absolute atomic E-state index is 16.0. The number of aromatic nitrogens is 3. The number of aliphatic hydroxyl groups is 1. The number of carboxylic acids is 1. The molecule has 0 spiro atoms. The van der Waals surface area contributed by atoms with E-state index in [4.69, 9.17) is 22.9 Å². The molecule has 42 nitrogen and oxygen atoms in total. The monoisotopic (exact) mass is 1880 g/mol. The fraction of sp³-hybridized carbons (Fsp3) is 0.505. The molecule has 43 heteroatoms. The van der Waals surface area contributed by atoms with Gasteiger partial charge >= 0.3 is 12.0 Å². The zero-order valence-electron chi connectivity index (χ0n) is 76.5. The van der Waals surface area contributed by atoms with Crippen molar-refractivity contribution in [3.8, 4) is 0 Å². The molecule has 0 saturated carbocycles. The number of carbonyl (C=O) groups excluding carboxylic acids is 17. The molecule has 1 unspecified atom stereocenters. The second kappa shape index (κ2) is 52.0. The fourth-order valence-electron chi connectivity index (χ4n) is 16.0. The Balaban J connectivity index is 1.24. The number of hydrogen-bond acceptors (Lipinski definition) is 22. The van der Waals surface area contributed by atoms with Crippen LogP contribution in [0.1, 0.15) is 133 Å². The number of urea groups is 1. The van der Waals surface area contributed by atoms with Crippen molar-refractivity contribution in [3.05, 3.63) is 138 Å². The summed E-state index contributed by atoms with van der Waals surface area (Å²) in [5.41, 5.74) is 26.0. The third-order valence-corrected chi connectivity index (χ3v) is 24.5. The maximum Gasteiger partial charge on any atom is 0.317 e. The van der Waals surface area contributed by atoms with Crippen molar-refractivity contribution in [1.82, 2.24) is 92.2 Å². The van der Waals surface area contributed by atoms with E-state index in [0.717, 1.165) is 28.5 Å². The largest absolute Gasteiger partial charge is 0.480 e. The number of hydrogen-bond donors (Lipinski definition) is 17. The van der Waals surface area contributed by atoms with E-state index in [1.165, 1.54) is 38.3 Å². The van der Waals surface area contributed by atoms with Crippen LogP contribution < -0.4 is 81.4 Å². The molecule has 5 heterocycles. The zero-order chi connectivity index (χ0) is 98.0. The number of piperazine rings is 1. The van der Waals surface area contributed by atoms with E-state index in [9.17, 15) is 72.5 Å². The van der Waals surface area contributed by atoms with Gasteiger partial charge in [-0.25, -0.2) is 4.79 Å². The summed E-state index contributed by atoms with van der Waals surface area (Å²) in [7, 11) is 6.03. The van der Waals surface area contributed by atoms with Crippen LogP contribution in [0.15, 0.2) is 116 Å². The molecule has 18 amide bonds. The normalized spacial score (nSPS) is 22.7. The number of likely N-dealkylation sites (N-methyl/N-ethyl adjacent to an activating group) is 2. The Morgan fingerprint density at radius 2 is 0.955 bits per heavy atom. The predicted octanol–water partition coefficient (Wildman–Crippen LogP) is -2.18. The van der Waals surface area contributed by atoms with E-state index < -0.39 is 203 Å². The number of rotatable bonds is 31. The number of primary amides is 4. The fourth-order valence-corrected chi connectivity index (χ4v) is 16.8. The highest BCUT2D eigenvalue weighted by Crippen LogP contribution is 2.26. The Morgan fingerprint density at radius 1 is 0.493 bits per heavy atom. The number of unbranched alkanes of at least 4 members (excludes halogenated alkanes) is 3. The van der Waals surface area contributed by atoms with Gasteiger partial charge in [0, 0.05) is 152 Å². The Kier molecular flexibility index (Phi) is 41.1. The quantitative estimate of drug-likeness (QED) is 0.0206. The van der Waals surface area contributed by atoms with Crippen LogP contribution in [0, 0.1) is 0 Å². The second-order valence-corrected chi connectivity index (χ2v) is 34.9. The number of pyridine rings is 1. The molecule has 3 aromatic carbocycles. The van der Waals surface area contributed by atoms with Crippen LogP contribution in [0.3, 0.4) is 0 Å². The standard InChI is InChI=1S/C91H126N22O20S/c1-8-9-11-29-63-89(131)111(7)72(43-56-25-22-36-96-47-56)87(129)105-67(46-75(94)117)83(125)98-53(2)80(122)102-64(31-21-35-74(93)116)90(132)110(6)71(42-55-23-12-10-13-24-55)86(128)104-65(44-57-48-108(4)69-32-16-14-26-59(57)69)84(126)100-61(28-18-19-37-97-91(133)113-40-38-112(39-41-113)50-77(119)120)81(123)103-66(45-58-49-109(5)70-33-17-15-27-60(58)70)85(127)107-78(54(3)114)88(130)101-62(30-20-34-73(92)115)82(124)106-68(79(95)121)51-134-52-76(118)99-63/h10,12-17,22-27,32-33,36,47-49,53-54,61-68,71-72,78,114H,8-9,11,18-21,28-31,34-35,37-46,50-52H2,1-7H3,(H2,92,115)(H2,93,116)(H2,94,117)(H2,95,121)(H,97,133)(H,98,125)(H,99,118)(H,100,126)(H,101,130)(H,102,122)(H,103,123)(H,104,128)(H,105,129)(H,106,124)(H,107,127)(H,119,120)/t53-,54+,61-,62-,63+,64-,65?,66-,67-,68-,71-,72-,78-/m0/s1. The number of benzene rings is 3. The van der Waals surface area contributed by atoms with Gasteiger partial charge in [-0.1, -0.05) is 99.0 Å². The number of aliphatic carboxylic acids is 1. The maximum atomic E-state index is 16.0. The first-order valence-corrected chi connectivity index (χ1v) is 45.9. The van der Waals surface area contributed by atoms with Crippen molar-refractivity contribution in [2.75, 3.05) is 64.9 Å². The highest BCUT2D eigenvalue weighted by molar-refractivity contribution is 8.00. The first-order chi connectivity index (χ1) is 63.8.